The molecule has 1 aromatic heterocycles. The van der Waals surface area contributed by atoms with Gasteiger partial charge in [0, 0.05) is 36.5 Å². The molecule has 6 nitrogen and oxygen atoms in total. The Morgan fingerprint density at radius 2 is 2.23 bits per heavy atom. The molecule has 1 spiro atoms. The van der Waals surface area contributed by atoms with Gasteiger partial charge < -0.3 is 14.5 Å². The molecule has 0 saturated carbocycles. The normalized spacial score (nSPS) is 32.7. The first-order chi connectivity index (χ1) is 12.5. The summed E-state index contributed by atoms with van der Waals surface area (Å²) in [6, 6.07) is 7.98. The van der Waals surface area contributed by atoms with Crippen LogP contribution in [0.2, 0.25) is 0 Å². The average molecular weight is 354 g/mol. The second-order valence-corrected chi connectivity index (χ2v) is 8.45. The lowest BCUT2D eigenvalue weighted by Gasteiger charge is -2.30. The predicted octanol–water partition coefficient (Wildman–Crippen LogP) is 1.60. The maximum absolute atomic E-state index is 12.9. The Labute approximate surface area is 153 Å². The van der Waals surface area contributed by atoms with Crippen LogP contribution in [0.25, 0.3) is 10.9 Å². The van der Waals surface area contributed by atoms with Crippen LogP contribution >= 0.6 is 0 Å². The largest absolute Gasteiger partial charge is 0.369 e. The van der Waals surface area contributed by atoms with Crippen molar-refractivity contribution in [3.8, 4) is 0 Å². The number of nitrogens with zero attached hydrogens (tertiary/aromatic N) is 4. The van der Waals surface area contributed by atoms with E-state index in [4.69, 9.17) is 4.74 Å². The molecule has 2 bridgehead atoms. The molecule has 0 aliphatic carbocycles. The maximum Gasteiger partial charge on any atom is 0.244 e. The Hall–Kier alpha value is -1.92. The fourth-order valence-electron chi connectivity index (χ4n) is 5.38. The third-order valence-electron chi connectivity index (χ3n) is 6.47. The third kappa shape index (κ3) is 2.47. The summed E-state index contributed by atoms with van der Waals surface area (Å²) in [7, 11) is 4.25. The number of carbonyl (C=O) groups is 1. The van der Waals surface area contributed by atoms with Crippen molar-refractivity contribution in [1.82, 2.24) is 19.6 Å². The number of carbonyl (C=O) groups excluding carboxylic acids is 1. The first-order valence-corrected chi connectivity index (χ1v) is 9.57. The Bertz CT molecular complexity index is 814. The molecular formula is C20H26N4O2. The summed E-state index contributed by atoms with van der Waals surface area (Å²) in [6.45, 7) is 2.93. The minimum Gasteiger partial charge on any atom is -0.369 e. The molecule has 1 amide bonds. The number of hydrogen-bond acceptors (Lipinski definition) is 4. The van der Waals surface area contributed by atoms with Gasteiger partial charge in [0.1, 0.15) is 6.54 Å². The zero-order chi connectivity index (χ0) is 17.9. The van der Waals surface area contributed by atoms with Crippen LogP contribution in [0.3, 0.4) is 0 Å². The molecule has 0 radical (unpaired) electrons. The van der Waals surface area contributed by atoms with E-state index in [2.05, 4.69) is 24.1 Å². The monoisotopic (exact) mass is 354 g/mol. The van der Waals surface area contributed by atoms with Crippen molar-refractivity contribution in [3.63, 3.8) is 0 Å². The number of hydrogen-bond donors (Lipinski definition) is 0. The van der Waals surface area contributed by atoms with Crippen LogP contribution in [-0.4, -0.2) is 70.9 Å². The van der Waals surface area contributed by atoms with Gasteiger partial charge in [-0.25, -0.2) is 0 Å². The van der Waals surface area contributed by atoms with E-state index < -0.39 is 0 Å². The number of amides is 1. The van der Waals surface area contributed by atoms with Crippen LogP contribution in [0.5, 0.6) is 0 Å². The summed E-state index contributed by atoms with van der Waals surface area (Å²) in [5, 5.41) is 5.60. The fourth-order valence-corrected chi connectivity index (χ4v) is 5.38. The van der Waals surface area contributed by atoms with Crippen molar-refractivity contribution in [3.05, 3.63) is 30.5 Å². The molecule has 3 saturated heterocycles. The molecule has 3 fully saturated rings. The van der Waals surface area contributed by atoms with Crippen molar-refractivity contribution in [2.75, 3.05) is 33.7 Å². The minimum atomic E-state index is -0.0875. The molecule has 3 aliphatic heterocycles. The molecule has 138 valence electrons. The number of rotatable bonds is 4. The van der Waals surface area contributed by atoms with Crippen LogP contribution in [0.15, 0.2) is 30.5 Å². The lowest BCUT2D eigenvalue weighted by Crippen LogP contribution is -2.40. The maximum atomic E-state index is 12.9. The number of aromatic nitrogens is 2. The standard InChI is InChI=1S/C20H26N4O2/c1-22(2)10-15-16-11-23(13-20(16)8-7-18(15)26-20)19(25)12-24-9-14-5-3-4-6-17(14)21-24/h3-6,9,15-16,18H,7-8,10-13H2,1-2H3/t15-,16+,18+,20+/m0/s1. The molecule has 5 rings (SSSR count). The highest BCUT2D eigenvalue weighted by Crippen LogP contribution is 2.54. The molecule has 4 atom stereocenters. The number of benzene rings is 1. The molecule has 3 aliphatic rings. The van der Waals surface area contributed by atoms with Crippen LogP contribution in [0, 0.1) is 11.8 Å². The zero-order valence-electron chi connectivity index (χ0n) is 15.5. The van der Waals surface area contributed by atoms with Crippen molar-refractivity contribution in [2.24, 2.45) is 11.8 Å². The van der Waals surface area contributed by atoms with E-state index in [0.29, 0.717) is 24.5 Å². The Kier molecular flexibility index (Phi) is 3.62. The fraction of sp³-hybridized carbons (Fsp3) is 0.600. The van der Waals surface area contributed by atoms with Gasteiger partial charge in [-0.15, -0.1) is 0 Å². The van der Waals surface area contributed by atoms with Crippen molar-refractivity contribution in [1.29, 1.82) is 0 Å². The van der Waals surface area contributed by atoms with E-state index in [9.17, 15) is 4.79 Å². The van der Waals surface area contributed by atoms with Crippen LogP contribution in [0.4, 0.5) is 0 Å². The molecule has 1 aromatic carbocycles. The van der Waals surface area contributed by atoms with E-state index in [1.807, 2.05) is 35.4 Å². The second-order valence-electron chi connectivity index (χ2n) is 8.45. The van der Waals surface area contributed by atoms with Gasteiger partial charge in [0.25, 0.3) is 0 Å². The molecule has 6 heteroatoms. The second kappa shape index (κ2) is 5.79. The first-order valence-electron chi connectivity index (χ1n) is 9.57. The van der Waals surface area contributed by atoms with Crippen molar-refractivity contribution >= 4 is 16.8 Å². The van der Waals surface area contributed by atoms with Crippen LogP contribution < -0.4 is 0 Å². The van der Waals surface area contributed by atoms with Gasteiger partial charge in [-0.05, 0) is 33.0 Å². The molecule has 26 heavy (non-hydrogen) atoms. The van der Waals surface area contributed by atoms with Crippen LogP contribution in [0.1, 0.15) is 12.8 Å². The smallest absolute Gasteiger partial charge is 0.244 e. The highest BCUT2D eigenvalue weighted by atomic mass is 16.5. The first kappa shape index (κ1) is 16.3. The van der Waals surface area contributed by atoms with E-state index >= 15 is 0 Å². The van der Waals surface area contributed by atoms with Crippen LogP contribution in [-0.2, 0) is 16.1 Å². The summed E-state index contributed by atoms with van der Waals surface area (Å²) in [4.78, 5) is 17.2. The molecular weight excluding hydrogens is 328 g/mol. The average Bonchev–Trinajstić information content (AvgIpc) is 3.33. The van der Waals surface area contributed by atoms with Crippen molar-refractivity contribution < 1.29 is 9.53 Å². The summed E-state index contributed by atoms with van der Waals surface area (Å²) >= 11 is 0. The number of likely N-dealkylation sites (tertiary alicyclic amines) is 1. The van der Waals surface area contributed by atoms with Gasteiger partial charge in [-0.2, -0.15) is 5.10 Å². The highest BCUT2D eigenvalue weighted by molar-refractivity contribution is 5.80. The van der Waals surface area contributed by atoms with Gasteiger partial charge >= 0.3 is 0 Å². The van der Waals surface area contributed by atoms with E-state index in [1.54, 1.807) is 4.68 Å². The molecule has 2 aromatic rings. The topological polar surface area (TPSA) is 50.6 Å². The van der Waals surface area contributed by atoms with E-state index in [-0.39, 0.29) is 11.5 Å². The highest BCUT2D eigenvalue weighted by Gasteiger charge is 2.63. The lowest BCUT2D eigenvalue weighted by atomic mass is 9.73. The third-order valence-corrected chi connectivity index (χ3v) is 6.47. The van der Waals surface area contributed by atoms with Crippen molar-refractivity contribution in [2.45, 2.75) is 31.1 Å². The Morgan fingerprint density at radius 1 is 1.38 bits per heavy atom. The minimum absolute atomic E-state index is 0.0875. The number of fused-ring (bicyclic) bond motifs is 2. The zero-order valence-corrected chi connectivity index (χ0v) is 15.5. The van der Waals surface area contributed by atoms with Gasteiger partial charge in [0.05, 0.1) is 23.8 Å². The molecule has 0 unspecified atom stereocenters. The molecule has 0 N–H and O–H groups in total. The Morgan fingerprint density at radius 3 is 3.04 bits per heavy atom. The lowest BCUT2D eigenvalue weighted by molar-refractivity contribution is -0.132. The summed E-state index contributed by atoms with van der Waals surface area (Å²) < 4.78 is 8.21. The van der Waals surface area contributed by atoms with Gasteiger partial charge in [0.2, 0.25) is 5.91 Å². The summed E-state index contributed by atoms with van der Waals surface area (Å²) in [5.41, 5.74) is 0.848. The van der Waals surface area contributed by atoms with Gasteiger partial charge in [-0.1, -0.05) is 18.2 Å². The van der Waals surface area contributed by atoms with E-state index in [0.717, 1.165) is 43.4 Å². The van der Waals surface area contributed by atoms with E-state index in [1.165, 1.54) is 0 Å². The Balaban J connectivity index is 1.31. The quantitative estimate of drug-likeness (QED) is 0.837. The summed E-state index contributed by atoms with van der Waals surface area (Å²) in [5.74, 6) is 1.17. The molecule has 4 heterocycles. The van der Waals surface area contributed by atoms with Gasteiger partial charge in [0.15, 0.2) is 0 Å². The van der Waals surface area contributed by atoms with Gasteiger partial charge in [-0.3, -0.25) is 9.48 Å². The number of ether oxygens (including phenoxy) is 1. The summed E-state index contributed by atoms with van der Waals surface area (Å²) in [6.07, 6.45) is 4.58. The predicted molar refractivity (Wildman–Crippen MR) is 98.7 cm³/mol. The SMILES string of the molecule is CN(C)C[C@H]1[C@H]2CN(C(=O)Cn3cc4ccccc4n3)C[C@]23CC[C@H]1O3.